The number of benzene rings is 1. The van der Waals surface area contributed by atoms with Gasteiger partial charge in [0.05, 0.1) is 17.5 Å². The SMILES string of the molecule is O=C(Nc1ncc2c(n1)C[C@H](c1ccc(F)cc1)CC2=O)c1ccco1. The Kier molecular flexibility index (Phi) is 4.04. The van der Waals surface area contributed by atoms with E-state index in [0.29, 0.717) is 24.1 Å². The fourth-order valence-corrected chi connectivity index (χ4v) is 3.05. The van der Waals surface area contributed by atoms with Gasteiger partial charge in [0.25, 0.3) is 5.91 Å². The van der Waals surface area contributed by atoms with Crippen LogP contribution in [0.5, 0.6) is 0 Å². The Labute approximate surface area is 148 Å². The summed E-state index contributed by atoms with van der Waals surface area (Å²) in [7, 11) is 0. The number of carbonyl (C=O) groups is 2. The first-order chi connectivity index (χ1) is 12.6. The van der Waals surface area contributed by atoms with Gasteiger partial charge in [0.15, 0.2) is 11.5 Å². The van der Waals surface area contributed by atoms with E-state index >= 15 is 0 Å². The van der Waals surface area contributed by atoms with Crippen LogP contribution in [0, 0.1) is 5.82 Å². The minimum absolute atomic E-state index is 0.0653. The Morgan fingerprint density at radius 1 is 1.19 bits per heavy atom. The summed E-state index contributed by atoms with van der Waals surface area (Å²) in [6.45, 7) is 0. The van der Waals surface area contributed by atoms with E-state index in [9.17, 15) is 14.0 Å². The number of nitrogens with one attached hydrogen (secondary N) is 1. The number of Topliss-reactive ketones (excluding diaryl/α,β-unsaturated/α-hetero) is 1. The van der Waals surface area contributed by atoms with Gasteiger partial charge in [-0.05, 0) is 42.2 Å². The molecule has 26 heavy (non-hydrogen) atoms. The van der Waals surface area contributed by atoms with E-state index in [-0.39, 0.29) is 29.2 Å². The van der Waals surface area contributed by atoms with E-state index < -0.39 is 5.91 Å². The molecule has 0 saturated heterocycles. The van der Waals surface area contributed by atoms with Crippen LogP contribution in [0.4, 0.5) is 10.3 Å². The Balaban J connectivity index is 1.58. The summed E-state index contributed by atoms with van der Waals surface area (Å²) in [5.74, 6) is -0.679. The van der Waals surface area contributed by atoms with Crippen LogP contribution in [0.15, 0.2) is 53.3 Å². The molecular weight excluding hydrogens is 337 g/mol. The number of aromatic nitrogens is 2. The molecule has 0 unspecified atom stereocenters. The van der Waals surface area contributed by atoms with Crippen LogP contribution in [-0.2, 0) is 6.42 Å². The second kappa shape index (κ2) is 6.51. The van der Waals surface area contributed by atoms with Crippen LogP contribution in [-0.4, -0.2) is 21.7 Å². The van der Waals surface area contributed by atoms with E-state index in [1.54, 1.807) is 18.2 Å². The standard InChI is InChI=1S/C19H14FN3O3/c20-13-5-3-11(4-6-13)12-8-15-14(16(24)9-12)10-21-19(22-15)23-18(25)17-2-1-7-26-17/h1-7,10,12H,8-9H2,(H,21,22,23,25)/t12-/m0/s1. The van der Waals surface area contributed by atoms with Crippen molar-refractivity contribution >= 4 is 17.6 Å². The van der Waals surface area contributed by atoms with Crippen molar-refractivity contribution in [2.75, 3.05) is 5.32 Å². The molecule has 130 valence electrons. The van der Waals surface area contributed by atoms with Gasteiger partial charge in [-0.15, -0.1) is 0 Å². The minimum Gasteiger partial charge on any atom is -0.459 e. The quantitative estimate of drug-likeness (QED) is 0.782. The smallest absolute Gasteiger partial charge is 0.293 e. The number of fused-ring (bicyclic) bond motifs is 1. The number of rotatable bonds is 3. The van der Waals surface area contributed by atoms with Crippen molar-refractivity contribution in [2.45, 2.75) is 18.8 Å². The molecule has 1 amide bonds. The lowest BCUT2D eigenvalue weighted by Gasteiger charge is -2.23. The van der Waals surface area contributed by atoms with Crippen molar-refractivity contribution in [3.05, 3.63) is 77.3 Å². The van der Waals surface area contributed by atoms with Crippen LogP contribution in [0.3, 0.4) is 0 Å². The predicted octanol–water partition coefficient (Wildman–Crippen LogP) is 3.37. The molecular formula is C19H14FN3O3. The zero-order chi connectivity index (χ0) is 18.1. The summed E-state index contributed by atoms with van der Waals surface area (Å²) < 4.78 is 18.2. The molecule has 0 radical (unpaired) electrons. The van der Waals surface area contributed by atoms with E-state index in [2.05, 4.69) is 15.3 Å². The van der Waals surface area contributed by atoms with Gasteiger partial charge in [-0.1, -0.05) is 12.1 Å². The van der Waals surface area contributed by atoms with E-state index in [4.69, 9.17) is 4.42 Å². The Bertz CT molecular complexity index is 968. The molecule has 7 heteroatoms. The molecule has 0 saturated carbocycles. The largest absolute Gasteiger partial charge is 0.459 e. The van der Waals surface area contributed by atoms with Crippen molar-refractivity contribution < 1.29 is 18.4 Å². The third-order valence-corrected chi connectivity index (χ3v) is 4.35. The Morgan fingerprint density at radius 2 is 2.00 bits per heavy atom. The highest BCUT2D eigenvalue weighted by atomic mass is 19.1. The van der Waals surface area contributed by atoms with E-state index in [1.807, 2.05) is 0 Å². The molecule has 4 rings (SSSR count). The third kappa shape index (κ3) is 3.11. The van der Waals surface area contributed by atoms with Crippen molar-refractivity contribution in [3.8, 4) is 0 Å². The molecule has 1 aromatic carbocycles. The number of amides is 1. The molecule has 6 nitrogen and oxygen atoms in total. The van der Waals surface area contributed by atoms with Crippen molar-refractivity contribution in [1.82, 2.24) is 9.97 Å². The predicted molar refractivity (Wildman–Crippen MR) is 90.5 cm³/mol. The molecule has 0 fully saturated rings. The molecule has 1 N–H and O–H groups in total. The first-order valence-corrected chi connectivity index (χ1v) is 8.09. The number of furan rings is 1. The average Bonchev–Trinajstić information content (AvgIpc) is 3.17. The summed E-state index contributed by atoms with van der Waals surface area (Å²) in [4.78, 5) is 32.8. The number of halogens is 1. The van der Waals surface area contributed by atoms with Crippen molar-refractivity contribution in [1.29, 1.82) is 0 Å². The summed E-state index contributed by atoms with van der Waals surface area (Å²) in [5.41, 5.74) is 1.91. The summed E-state index contributed by atoms with van der Waals surface area (Å²) in [6, 6.07) is 9.25. The van der Waals surface area contributed by atoms with Crippen LogP contribution < -0.4 is 5.32 Å². The molecule has 0 spiro atoms. The lowest BCUT2D eigenvalue weighted by atomic mass is 9.82. The van der Waals surface area contributed by atoms with Crippen LogP contribution in [0.1, 0.15) is 44.5 Å². The number of anilines is 1. The topological polar surface area (TPSA) is 85.1 Å². The number of nitrogens with zero attached hydrogens (tertiary/aromatic N) is 2. The number of hydrogen-bond donors (Lipinski definition) is 1. The Morgan fingerprint density at radius 3 is 2.73 bits per heavy atom. The summed E-state index contributed by atoms with van der Waals surface area (Å²) >= 11 is 0. The molecule has 3 aromatic rings. The molecule has 0 bridgehead atoms. The third-order valence-electron chi connectivity index (χ3n) is 4.35. The fourth-order valence-electron chi connectivity index (χ4n) is 3.05. The van der Waals surface area contributed by atoms with E-state index in [0.717, 1.165) is 5.56 Å². The zero-order valence-corrected chi connectivity index (χ0v) is 13.6. The average molecular weight is 351 g/mol. The number of carbonyl (C=O) groups excluding carboxylic acids is 2. The summed E-state index contributed by atoms with van der Waals surface area (Å²) in [6.07, 6.45) is 3.66. The molecule has 2 heterocycles. The van der Waals surface area contributed by atoms with Crippen molar-refractivity contribution in [3.63, 3.8) is 0 Å². The van der Waals surface area contributed by atoms with Gasteiger partial charge >= 0.3 is 0 Å². The first kappa shape index (κ1) is 16.1. The molecule has 1 aliphatic carbocycles. The maximum atomic E-state index is 13.1. The summed E-state index contributed by atoms with van der Waals surface area (Å²) in [5, 5.41) is 2.56. The second-order valence-corrected chi connectivity index (χ2v) is 6.07. The lowest BCUT2D eigenvalue weighted by Crippen LogP contribution is -2.22. The molecule has 1 atom stereocenters. The number of hydrogen-bond acceptors (Lipinski definition) is 5. The normalized spacial score (nSPS) is 16.2. The highest BCUT2D eigenvalue weighted by Gasteiger charge is 2.28. The van der Waals surface area contributed by atoms with Gasteiger partial charge in [-0.3, -0.25) is 14.9 Å². The zero-order valence-electron chi connectivity index (χ0n) is 13.6. The monoisotopic (exact) mass is 351 g/mol. The van der Waals surface area contributed by atoms with E-state index in [1.165, 1.54) is 30.7 Å². The molecule has 1 aliphatic rings. The van der Waals surface area contributed by atoms with Gasteiger partial charge < -0.3 is 4.42 Å². The minimum atomic E-state index is -0.466. The maximum absolute atomic E-state index is 13.1. The lowest BCUT2D eigenvalue weighted by molar-refractivity contribution is 0.0962. The second-order valence-electron chi connectivity index (χ2n) is 6.07. The maximum Gasteiger partial charge on any atom is 0.293 e. The highest BCUT2D eigenvalue weighted by Crippen LogP contribution is 2.32. The van der Waals surface area contributed by atoms with Gasteiger partial charge in [0, 0.05) is 12.6 Å². The molecule has 0 aliphatic heterocycles. The number of ketones is 1. The van der Waals surface area contributed by atoms with Gasteiger partial charge in [0.1, 0.15) is 5.82 Å². The highest BCUT2D eigenvalue weighted by molar-refractivity contribution is 6.02. The van der Waals surface area contributed by atoms with Crippen LogP contribution in [0.2, 0.25) is 0 Å². The van der Waals surface area contributed by atoms with Crippen molar-refractivity contribution in [2.24, 2.45) is 0 Å². The Hall–Kier alpha value is -3.35. The van der Waals surface area contributed by atoms with Crippen LogP contribution in [0.25, 0.3) is 0 Å². The first-order valence-electron chi connectivity index (χ1n) is 8.09. The van der Waals surface area contributed by atoms with Gasteiger partial charge in [0.2, 0.25) is 5.95 Å². The van der Waals surface area contributed by atoms with Crippen LogP contribution >= 0.6 is 0 Å². The van der Waals surface area contributed by atoms with Gasteiger partial charge in [-0.2, -0.15) is 0 Å². The molecule has 2 aromatic heterocycles. The fraction of sp³-hybridized carbons (Fsp3) is 0.158. The van der Waals surface area contributed by atoms with Gasteiger partial charge in [-0.25, -0.2) is 14.4 Å².